The lowest BCUT2D eigenvalue weighted by molar-refractivity contribution is -0.139. The molecule has 0 radical (unpaired) electrons. The van der Waals surface area contributed by atoms with Gasteiger partial charge < -0.3 is 24.5 Å². The summed E-state index contributed by atoms with van der Waals surface area (Å²) in [6, 6.07) is 7.73. The van der Waals surface area contributed by atoms with Crippen LogP contribution in [0, 0.1) is 11.3 Å². The summed E-state index contributed by atoms with van der Waals surface area (Å²) in [6.45, 7) is 6.72. The van der Waals surface area contributed by atoms with Gasteiger partial charge in [-0.3, -0.25) is 0 Å². The molecule has 0 bridgehead atoms. The normalized spacial score (nSPS) is 16.0. The quantitative estimate of drug-likeness (QED) is 0.649. The summed E-state index contributed by atoms with van der Waals surface area (Å²) in [4.78, 5) is 16.8. The predicted molar refractivity (Wildman–Crippen MR) is 114 cm³/mol. The van der Waals surface area contributed by atoms with Crippen molar-refractivity contribution in [3.8, 4) is 11.8 Å². The first-order valence-electron chi connectivity index (χ1n) is 10.2. The number of nitrogens with two attached hydrogens (primary N) is 1. The summed E-state index contributed by atoms with van der Waals surface area (Å²) in [5.41, 5.74) is 8.06. The molecule has 8 heteroatoms. The van der Waals surface area contributed by atoms with Gasteiger partial charge in [-0.05, 0) is 38.0 Å². The third-order valence-electron chi connectivity index (χ3n) is 4.89. The van der Waals surface area contributed by atoms with E-state index in [1.165, 1.54) is 0 Å². The second kappa shape index (κ2) is 9.85. The highest BCUT2D eigenvalue weighted by molar-refractivity contribution is 5.92. The van der Waals surface area contributed by atoms with Crippen molar-refractivity contribution in [3.05, 3.63) is 70.8 Å². The van der Waals surface area contributed by atoms with Gasteiger partial charge in [-0.1, -0.05) is 13.0 Å². The Morgan fingerprint density at radius 2 is 2.19 bits per heavy atom. The van der Waals surface area contributed by atoms with Crippen LogP contribution in [0.2, 0.25) is 0 Å². The summed E-state index contributed by atoms with van der Waals surface area (Å²) in [6.07, 6.45) is 6.16. The molecule has 2 heterocycles. The van der Waals surface area contributed by atoms with Gasteiger partial charge in [0.1, 0.15) is 23.2 Å². The number of aromatic nitrogens is 2. The molecule has 1 atom stereocenters. The highest BCUT2D eigenvalue weighted by atomic mass is 16.5. The first-order chi connectivity index (χ1) is 15.0. The van der Waals surface area contributed by atoms with Crippen LogP contribution in [-0.2, 0) is 20.8 Å². The van der Waals surface area contributed by atoms with Crippen LogP contribution in [0.1, 0.15) is 44.2 Å². The zero-order chi connectivity index (χ0) is 22.4. The smallest absolute Gasteiger partial charge is 0.338 e. The summed E-state index contributed by atoms with van der Waals surface area (Å²) < 4.78 is 18.6. The van der Waals surface area contributed by atoms with E-state index in [2.05, 4.69) is 11.1 Å². The van der Waals surface area contributed by atoms with Gasteiger partial charge in [-0.15, -0.1) is 0 Å². The monoisotopic (exact) mass is 422 g/mol. The minimum atomic E-state index is -0.695. The largest absolute Gasteiger partial charge is 0.493 e. The summed E-state index contributed by atoms with van der Waals surface area (Å²) >= 11 is 0. The average molecular weight is 422 g/mol. The Bertz CT molecular complexity index is 1050. The van der Waals surface area contributed by atoms with Crippen molar-refractivity contribution in [1.82, 2.24) is 9.55 Å². The fraction of sp³-hybridized carbons (Fsp3) is 0.348. The topological polar surface area (TPSA) is 112 Å². The fourth-order valence-electron chi connectivity index (χ4n) is 3.52. The van der Waals surface area contributed by atoms with Crippen molar-refractivity contribution in [1.29, 1.82) is 5.26 Å². The van der Waals surface area contributed by atoms with Crippen LogP contribution in [0.25, 0.3) is 0 Å². The lowest BCUT2D eigenvalue weighted by Crippen LogP contribution is -2.25. The highest BCUT2D eigenvalue weighted by Gasteiger charge is 2.36. The maximum atomic E-state index is 12.7. The molecule has 8 nitrogen and oxygen atoms in total. The van der Waals surface area contributed by atoms with E-state index in [0.29, 0.717) is 18.9 Å². The van der Waals surface area contributed by atoms with Crippen molar-refractivity contribution in [2.45, 2.75) is 39.7 Å². The van der Waals surface area contributed by atoms with Gasteiger partial charge in [0, 0.05) is 18.0 Å². The highest BCUT2D eigenvalue weighted by Crippen LogP contribution is 2.40. The molecule has 1 unspecified atom stereocenters. The summed E-state index contributed by atoms with van der Waals surface area (Å²) in [5.74, 6) is -0.185. The van der Waals surface area contributed by atoms with Gasteiger partial charge in [0.2, 0.25) is 5.88 Å². The van der Waals surface area contributed by atoms with E-state index >= 15 is 0 Å². The van der Waals surface area contributed by atoms with E-state index < -0.39 is 11.9 Å². The van der Waals surface area contributed by atoms with E-state index in [9.17, 15) is 10.1 Å². The first-order valence-corrected chi connectivity index (χ1v) is 10.2. The molecular formula is C23H26N4O4. The number of nitriles is 1. The number of nitrogens with zero attached hydrogens (tertiary/aromatic N) is 3. The number of hydrogen-bond donors (Lipinski definition) is 1. The van der Waals surface area contributed by atoms with Gasteiger partial charge in [-0.2, -0.15) is 5.26 Å². The van der Waals surface area contributed by atoms with Gasteiger partial charge in [0.15, 0.2) is 0 Å². The van der Waals surface area contributed by atoms with Gasteiger partial charge >= 0.3 is 5.97 Å². The lowest BCUT2D eigenvalue weighted by Gasteiger charge is -2.27. The molecule has 0 saturated carbocycles. The maximum absolute atomic E-state index is 12.7. The van der Waals surface area contributed by atoms with E-state index in [1.807, 2.05) is 35.9 Å². The molecule has 1 aromatic carbocycles. The Hall–Kier alpha value is -3.73. The number of esters is 1. The van der Waals surface area contributed by atoms with Gasteiger partial charge in [0.25, 0.3) is 0 Å². The molecule has 1 aromatic heterocycles. The molecule has 2 aromatic rings. The second-order valence-corrected chi connectivity index (χ2v) is 7.07. The van der Waals surface area contributed by atoms with Crippen LogP contribution < -0.4 is 10.5 Å². The molecule has 3 rings (SSSR count). The molecule has 0 amide bonds. The van der Waals surface area contributed by atoms with Crippen LogP contribution in [0.15, 0.2) is 59.7 Å². The van der Waals surface area contributed by atoms with Crippen LogP contribution in [0.4, 0.5) is 0 Å². The summed E-state index contributed by atoms with van der Waals surface area (Å²) in [5, 5.41) is 9.78. The van der Waals surface area contributed by atoms with Crippen molar-refractivity contribution in [2.24, 2.45) is 5.73 Å². The molecule has 2 N–H and O–H groups in total. The standard InChI is InChI=1S/C23H26N4O4/c1-4-10-30-19-7-6-16(11-17(19)13-27-9-8-26-14-27)21-18(12-24)22(25)31-15(3)20(21)23(28)29-5-2/h6-9,11,14,21H,4-5,10,13,25H2,1-3H3. The Labute approximate surface area is 181 Å². The lowest BCUT2D eigenvalue weighted by atomic mass is 9.82. The number of benzene rings is 1. The number of hydrogen-bond acceptors (Lipinski definition) is 7. The number of ether oxygens (including phenoxy) is 3. The minimum absolute atomic E-state index is 0.0134. The third-order valence-corrected chi connectivity index (χ3v) is 4.89. The number of allylic oxidation sites excluding steroid dienone is 2. The molecule has 0 aliphatic carbocycles. The molecule has 0 spiro atoms. The van der Waals surface area contributed by atoms with Crippen molar-refractivity contribution in [3.63, 3.8) is 0 Å². The summed E-state index contributed by atoms with van der Waals surface area (Å²) in [7, 11) is 0. The fourth-order valence-corrected chi connectivity index (χ4v) is 3.52. The molecular weight excluding hydrogens is 396 g/mol. The number of carbonyl (C=O) groups excluding carboxylic acids is 1. The van der Waals surface area contributed by atoms with Gasteiger partial charge in [-0.25, -0.2) is 9.78 Å². The zero-order valence-corrected chi connectivity index (χ0v) is 17.9. The molecule has 0 saturated heterocycles. The van der Waals surface area contributed by atoms with Crippen LogP contribution in [-0.4, -0.2) is 28.7 Å². The SMILES string of the molecule is CCCOc1ccc(C2C(C#N)=C(N)OC(C)=C2C(=O)OCC)cc1Cn1ccnc1. The number of imidazole rings is 1. The number of rotatable bonds is 8. The zero-order valence-electron chi connectivity index (χ0n) is 17.9. The van der Waals surface area contributed by atoms with Crippen LogP contribution in [0.5, 0.6) is 5.75 Å². The molecule has 31 heavy (non-hydrogen) atoms. The Morgan fingerprint density at radius 3 is 2.84 bits per heavy atom. The predicted octanol–water partition coefficient (Wildman–Crippen LogP) is 3.36. The molecule has 1 aliphatic rings. The maximum Gasteiger partial charge on any atom is 0.338 e. The van der Waals surface area contributed by atoms with Crippen LogP contribution >= 0.6 is 0 Å². The van der Waals surface area contributed by atoms with Crippen molar-refractivity contribution < 1.29 is 19.0 Å². The van der Waals surface area contributed by atoms with E-state index in [1.54, 1.807) is 26.4 Å². The van der Waals surface area contributed by atoms with E-state index in [4.69, 9.17) is 19.9 Å². The van der Waals surface area contributed by atoms with Gasteiger partial charge in [0.05, 0.1) is 37.6 Å². The first kappa shape index (κ1) is 22.0. The van der Waals surface area contributed by atoms with Crippen molar-refractivity contribution >= 4 is 5.97 Å². The molecule has 162 valence electrons. The minimum Gasteiger partial charge on any atom is -0.493 e. The molecule has 0 fully saturated rings. The number of carbonyl (C=O) groups is 1. The Kier molecular flexibility index (Phi) is 6.98. The van der Waals surface area contributed by atoms with E-state index in [-0.39, 0.29) is 23.6 Å². The second-order valence-electron chi connectivity index (χ2n) is 7.07. The Morgan fingerprint density at radius 1 is 1.39 bits per heavy atom. The third kappa shape index (κ3) is 4.72. The van der Waals surface area contributed by atoms with E-state index in [0.717, 1.165) is 23.3 Å². The molecule has 1 aliphatic heterocycles. The van der Waals surface area contributed by atoms with Crippen molar-refractivity contribution in [2.75, 3.05) is 13.2 Å². The van der Waals surface area contributed by atoms with Crippen LogP contribution in [0.3, 0.4) is 0 Å². The Balaban J connectivity index is 2.11. The average Bonchev–Trinajstić information content (AvgIpc) is 3.25.